The number of ether oxygens (including phenoxy) is 1. The van der Waals surface area contributed by atoms with Crippen LogP contribution in [0.25, 0.3) is 6.08 Å². The van der Waals surface area contributed by atoms with Crippen LogP contribution in [-0.4, -0.2) is 29.0 Å². The molecule has 0 aromatic heterocycles. The third-order valence-electron chi connectivity index (χ3n) is 2.98. The topological polar surface area (TPSA) is 18.5 Å². The van der Waals surface area contributed by atoms with Crippen molar-refractivity contribution in [1.82, 2.24) is 0 Å². The fraction of sp³-hybridized carbons (Fsp3) is 0.467. The van der Waals surface area contributed by atoms with Gasteiger partial charge >= 0.3 is 0 Å². The average molecular weight is 263 g/mol. The third-order valence-corrected chi connectivity index (χ3v) is 4.96. The molecule has 1 aromatic carbocycles. The first kappa shape index (κ1) is 15.2. The second-order valence-electron chi connectivity index (χ2n) is 4.37. The minimum atomic E-state index is -0.804. The number of rotatable bonds is 8. The average Bonchev–Trinajstić information content (AvgIpc) is 2.42. The summed E-state index contributed by atoms with van der Waals surface area (Å²) in [6, 6.07) is 9.44. The highest BCUT2D eigenvalue weighted by atomic mass is 28.3. The van der Waals surface area contributed by atoms with E-state index in [0.29, 0.717) is 5.92 Å². The molecule has 0 bridgehead atoms. The van der Waals surface area contributed by atoms with Crippen LogP contribution in [0.1, 0.15) is 30.9 Å². The van der Waals surface area contributed by atoms with Gasteiger partial charge in [0.15, 0.2) is 0 Å². The van der Waals surface area contributed by atoms with Crippen molar-refractivity contribution < 1.29 is 9.16 Å². The number of hydrogen-bond donors (Lipinski definition) is 0. The Kier molecular flexibility index (Phi) is 6.94. The Bertz CT molecular complexity index is 365. The fourth-order valence-electron chi connectivity index (χ4n) is 1.88. The molecule has 0 N–H and O–H groups in total. The van der Waals surface area contributed by atoms with Gasteiger partial charge in [0.1, 0.15) is 0 Å². The second kappa shape index (κ2) is 8.24. The Morgan fingerprint density at radius 3 is 2.72 bits per heavy atom. The van der Waals surface area contributed by atoms with Gasteiger partial charge in [-0.1, -0.05) is 50.8 Å². The van der Waals surface area contributed by atoms with Crippen molar-refractivity contribution in [2.45, 2.75) is 25.8 Å². The minimum absolute atomic E-state index is 0.391. The fourth-order valence-corrected chi connectivity index (χ4v) is 3.18. The normalized spacial score (nSPS) is 12.7. The Morgan fingerprint density at radius 2 is 2.11 bits per heavy atom. The SMILES string of the molecule is C=Cc1ccccc1C(C)CO[Si](CC)COC. The van der Waals surface area contributed by atoms with E-state index in [-0.39, 0.29) is 0 Å². The maximum Gasteiger partial charge on any atom is 0.237 e. The minimum Gasteiger partial charge on any atom is -0.414 e. The summed E-state index contributed by atoms with van der Waals surface area (Å²) in [5.41, 5.74) is 2.51. The molecule has 18 heavy (non-hydrogen) atoms. The van der Waals surface area contributed by atoms with Gasteiger partial charge < -0.3 is 9.16 Å². The summed E-state index contributed by atoms with van der Waals surface area (Å²) in [5.74, 6) is 0.391. The summed E-state index contributed by atoms with van der Waals surface area (Å²) in [4.78, 5) is 0. The molecule has 3 heteroatoms. The molecule has 1 rings (SSSR count). The van der Waals surface area contributed by atoms with E-state index < -0.39 is 9.04 Å². The summed E-state index contributed by atoms with van der Waals surface area (Å²) < 4.78 is 11.2. The summed E-state index contributed by atoms with van der Waals surface area (Å²) in [6.45, 7) is 8.98. The van der Waals surface area contributed by atoms with Crippen LogP contribution in [0.3, 0.4) is 0 Å². The Balaban J connectivity index is 2.59. The van der Waals surface area contributed by atoms with Crippen LogP contribution in [0.5, 0.6) is 0 Å². The van der Waals surface area contributed by atoms with Gasteiger partial charge in [0, 0.05) is 19.6 Å². The lowest BCUT2D eigenvalue weighted by atomic mass is 9.96. The molecule has 99 valence electrons. The number of benzene rings is 1. The maximum absolute atomic E-state index is 5.99. The molecule has 2 nitrogen and oxygen atoms in total. The first-order valence-corrected chi connectivity index (χ1v) is 8.22. The van der Waals surface area contributed by atoms with Crippen molar-refractivity contribution >= 4 is 15.1 Å². The zero-order valence-corrected chi connectivity index (χ0v) is 12.6. The van der Waals surface area contributed by atoms with E-state index in [1.54, 1.807) is 7.11 Å². The van der Waals surface area contributed by atoms with Crippen LogP contribution < -0.4 is 0 Å². The van der Waals surface area contributed by atoms with Gasteiger partial charge in [0.2, 0.25) is 9.04 Å². The second-order valence-corrected chi connectivity index (χ2v) is 6.73. The Morgan fingerprint density at radius 1 is 1.39 bits per heavy atom. The highest BCUT2D eigenvalue weighted by Crippen LogP contribution is 2.21. The molecule has 0 saturated heterocycles. The first-order chi connectivity index (χ1) is 8.72. The van der Waals surface area contributed by atoms with Crippen LogP contribution in [0.4, 0.5) is 0 Å². The molecule has 0 aliphatic heterocycles. The quantitative estimate of drug-likeness (QED) is 0.667. The van der Waals surface area contributed by atoms with E-state index in [1.807, 2.05) is 12.1 Å². The Hall–Kier alpha value is -0.903. The van der Waals surface area contributed by atoms with Gasteiger partial charge in [0.05, 0.1) is 6.23 Å². The van der Waals surface area contributed by atoms with Crippen molar-refractivity contribution in [3.8, 4) is 0 Å². The third kappa shape index (κ3) is 4.41. The van der Waals surface area contributed by atoms with E-state index in [4.69, 9.17) is 9.16 Å². The summed E-state index contributed by atoms with van der Waals surface area (Å²) >= 11 is 0. The van der Waals surface area contributed by atoms with Crippen LogP contribution in [0.2, 0.25) is 6.04 Å². The standard InChI is InChI=1S/C15H23O2Si/c1-5-14-9-7-8-10-15(14)13(3)11-17-18(6-2)12-16-4/h5,7-10,13H,1,6,11-12H2,2-4H3. The Labute approximate surface area is 112 Å². The molecule has 1 aromatic rings. The predicted octanol–water partition coefficient (Wildman–Crippen LogP) is 3.65. The molecule has 0 saturated carbocycles. The van der Waals surface area contributed by atoms with Gasteiger partial charge in [-0.25, -0.2) is 0 Å². The zero-order valence-electron chi connectivity index (χ0n) is 11.6. The van der Waals surface area contributed by atoms with Crippen molar-refractivity contribution in [3.63, 3.8) is 0 Å². The highest BCUT2D eigenvalue weighted by Gasteiger charge is 2.14. The predicted molar refractivity (Wildman–Crippen MR) is 79.0 cm³/mol. The molecule has 1 unspecified atom stereocenters. The molecular formula is C15H23O2Si. The largest absolute Gasteiger partial charge is 0.414 e. The molecular weight excluding hydrogens is 240 g/mol. The molecule has 0 spiro atoms. The molecule has 0 amide bonds. The summed E-state index contributed by atoms with van der Waals surface area (Å²) in [5, 5.41) is 0. The van der Waals surface area contributed by atoms with E-state index >= 15 is 0 Å². The lowest BCUT2D eigenvalue weighted by Gasteiger charge is -2.18. The zero-order chi connectivity index (χ0) is 13.4. The highest BCUT2D eigenvalue weighted by molar-refractivity contribution is 6.51. The monoisotopic (exact) mass is 263 g/mol. The van der Waals surface area contributed by atoms with Crippen LogP contribution in [0, 0.1) is 0 Å². The van der Waals surface area contributed by atoms with Crippen molar-refractivity contribution in [3.05, 3.63) is 42.0 Å². The van der Waals surface area contributed by atoms with E-state index in [0.717, 1.165) is 18.9 Å². The van der Waals surface area contributed by atoms with E-state index in [2.05, 4.69) is 38.6 Å². The smallest absolute Gasteiger partial charge is 0.237 e. The van der Waals surface area contributed by atoms with Gasteiger partial charge in [-0.3, -0.25) is 0 Å². The van der Waals surface area contributed by atoms with Crippen LogP contribution >= 0.6 is 0 Å². The van der Waals surface area contributed by atoms with Crippen molar-refractivity contribution in [2.24, 2.45) is 0 Å². The van der Waals surface area contributed by atoms with Gasteiger partial charge in [-0.05, 0) is 17.2 Å². The number of hydrogen-bond acceptors (Lipinski definition) is 2. The summed E-state index contributed by atoms with van der Waals surface area (Å²) in [7, 11) is 0.932. The summed E-state index contributed by atoms with van der Waals surface area (Å²) in [6.07, 6.45) is 2.67. The van der Waals surface area contributed by atoms with E-state index in [9.17, 15) is 0 Å². The maximum atomic E-state index is 5.99. The molecule has 1 radical (unpaired) electrons. The van der Waals surface area contributed by atoms with E-state index in [1.165, 1.54) is 11.1 Å². The molecule has 0 aliphatic carbocycles. The lowest BCUT2D eigenvalue weighted by molar-refractivity contribution is 0.212. The van der Waals surface area contributed by atoms with Crippen LogP contribution in [0.15, 0.2) is 30.8 Å². The van der Waals surface area contributed by atoms with Gasteiger partial charge in [-0.2, -0.15) is 0 Å². The van der Waals surface area contributed by atoms with Crippen LogP contribution in [-0.2, 0) is 9.16 Å². The molecule has 1 atom stereocenters. The number of methoxy groups -OCH3 is 1. The lowest BCUT2D eigenvalue weighted by Crippen LogP contribution is -2.25. The van der Waals surface area contributed by atoms with Gasteiger partial charge in [0.25, 0.3) is 0 Å². The first-order valence-electron chi connectivity index (χ1n) is 6.40. The van der Waals surface area contributed by atoms with Crippen molar-refractivity contribution in [1.29, 1.82) is 0 Å². The van der Waals surface area contributed by atoms with Crippen molar-refractivity contribution in [2.75, 3.05) is 19.9 Å². The molecule has 0 heterocycles. The molecule has 0 fully saturated rings. The molecule has 0 aliphatic rings. The van der Waals surface area contributed by atoms with Gasteiger partial charge in [-0.15, -0.1) is 0 Å².